The monoisotopic (exact) mass is 247 g/mol. The molecule has 0 unspecified atom stereocenters. The molecule has 2 rings (SSSR count). The van der Waals surface area contributed by atoms with Crippen molar-refractivity contribution >= 4 is 17.3 Å². The van der Waals surface area contributed by atoms with Gasteiger partial charge in [-0.25, -0.2) is 0 Å². The molecule has 1 saturated heterocycles. The molecule has 1 aliphatic heterocycles. The van der Waals surface area contributed by atoms with Gasteiger partial charge in [0.15, 0.2) is 0 Å². The molecule has 0 radical (unpaired) electrons. The van der Waals surface area contributed by atoms with E-state index in [1.807, 2.05) is 12.1 Å². The Kier molecular flexibility index (Phi) is 4.07. The van der Waals surface area contributed by atoms with Gasteiger partial charge in [-0.15, -0.1) is 0 Å². The summed E-state index contributed by atoms with van der Waals surface area (Å²) in [6.07, 6.45) is 6.18. The number of amides is 1. The lowest BCUT2D eigenvalue weighted by atomic mass is 10.1. The molecule has 1 heterocycles. The number of benzene rings is 1. The van der Waals surface area contributed by atoms with E-state index in [1.165, 1.54) is 32.1 Å². The van der Waals surface area contributed by atoms with Crippen LogP contribution in [0.3, 0.4) is 0 Å². The summed E-state index contributed by atoms with van der Waals surface area (Å²) in [4.78, 5) is 13.8. The molecular formula is C14H21N3O. The van der Waals surface area contributed by atoms with E-state index in [-0.39, 0.29) is 0 Å². The summed E-state index contributed by atoms with van der Waals surface area (Å²) in [5.41, 5.74) is 13.2. The summed E-state index contributed by atoms with van der Waals surface area (Å²) in [6.45, 7) is 1.98. The molecule has 4 N–H and O–H groups in total. The minimum Gasteiger partial charge on any atom is -0.399 e. The first-order valence-electron chi connectivity index (χ1n) is 6.63. The van der Waals surface area contributed by atoms with Gasteiger partial charge in [-0.3, -0.25) is 4.79 Å². The van der Waals surface area contributed by atoms with Crippen LogP contribution in [0.15, 0.2) is 18.2 Å². The van der Waals surface area contributed by atoms with Crippen LogP contribution in [0.4, 0.5) is 11.4 Å². The molecule has 1 fully saturated rings. The number of carbonyl (C=O) groups excluding carboxylic acids is 1. The smallest absolute Gasteiger partial charge is 0.250 e. The first kappa shape index (κ1) is 12.7. The Morgan fingerprint density at radius 3 is 2.28 bits per heavy atom. The summed E-state index contributed by atoms with van der Waals surface area (Å²) in [6, 6.07) is 5.42. The Morgan fingerprint density at radius 2 is 1.67 bits per heavy atom. The largest absolute Gasteiger partial charge is 0.399 e. The van der Waals surface area contributed by atoms with Gasteiger partial charge in [-0.2, -0.15) is 0 Å². The molecule has 4 heteroatoms. The maximum Gasteiger partial charge on any atom is 0.250 e. The Labute approximate surface area is 108 Å². The third kappa shape index (κ3) is 2.94. The first-order valence-corrected chi connectivity index (χ1v) is 6.63. The predicted octanol–water partition coefficient (Wildman–Crippen LogP) is 2.14. The molecule has 1 aromatic carbocycles. The second-order valence-corrected chi connectivity index (χ2v) is 4.90. The average molecular weight is 247 g/mol. The second-order valence-electron chi connectivity index (χ2n) is 4.90. The van der Waals surface area contributed by atoms with Crippen molar-refractivity contribution in [2.45, 2.75) is 32.1 Å². The number of hydrogen-bond acceptors (Lipinski definition) is 3. The summed E-state index contributed by atoms with van der Waals surface area (Å²) in [5.74, 6) is -0.403. The van der Waals surface area contributed by atoms with Crippen LogP contribution in [0, 0.1) is 0 Å². The van der Waals surface area contributed by atoms with Gasteiger partial charge in [0.2, 0.25) is 0 Å². The third-order valence-electron chi connectivity index (χ3n) is 3.48. The molecule has 0 aromatic heterocycles. The highest BCUT2D eigenvalue weighted by Gasteiger charge is 2.15. The van der Waals surface area contributed by atoms with E-state index >= 15 is 0 Å². The van der Waals surface area contributed by atoms with Crippen molar-refractivity contribution in [1.29, 1.82) is 0 Å². The molecule has 1 aliphatic rings. The highest BCUT2D eigenvalue weighted by atomic mass is 16.1. The van der Waals surface area contributed by atoms with Gasteiger partial charge >= 0.3 is 0 Å². The van der Waals surface area contributed by atoms with E-state index in [2.05, 4.69) is 4.90 Å². The van der Waals surface area contributed by atoms with Gasteiger partial charge in [0.1, 0.15) is 0 Å². The van der Waals surface area contributed by atoms with Gasteiger partial charge in [0, 0.05) is 24.5 Å². The van der Waals surface area contributed by atoms with Gasteiger partial charge < -0.3 is 16.4 Å². The normalized spacial score (nSPS) is 17.0. The summed E-state index contributed by atoms with van der Waals surface area (Å²) in [7, 11) is 0. The zero-order valence-electron chi connectivity index (χ0n) is 10.7. The maximum atomic E-state index is 11.5. The fourth-order valence-electron chi connectivity index (χ4n) is 2.52. The van der Waals surface area contributed by atoms with Crippen molar-refractivity contribution in [1.82, 2.24) is 0 Å². The molecule has 0 atom stereocenters. The number of nitrogens with zero attached hydrogens (tertiary/aromatic N) is 1. The number of anilines is 2. The molecule has 0 spiro atoms. The van der Waals surface area contributed by atoms with Crippen LogP contribution in [-0.4, -0.2) is 19.0 Å². The van der Waals surface area contributed by atoms with E-state index in [1.54, 1.807) is 6.07 Å². The molecule has 4 nitrogen and oxygen atoms in total. The van der Waals surface area contributed by atoms with Crippen molar-refractivity contribution in [3.8, 4) is 0 Å². The first-order chi connectivity index (χ1) is 8.68. The zero-order valence-corrected chi connectivity index (χ0v) is 10.7. The molecule has 0 saturated carbocycles. The van der Waals surface area contributed by atoms with Crippen molar-refractivity contribution in [3.05, 3.63) is 23.8 Å². The Morgan fingerprint density at radius 1 is 1.06 bits per heavy atom. The Bertz CT molecular complexity index is 423. The van der Waals surface area contributed by atoms with E-state index < -0.39 is 5.91 Å². The Balaban J connectivity index is 2.27. The van der Waals surface area contributed by atoms with Crippen LogP contribution >= 0.6 is 0 Å². The van der Waals surface area contributed by atoms with E-state index in [9.17, 15) is 4.79 Å². The Hall–Kier alpha value is -1.71. The fraction of sp³-hybridized carbons (Fsp3) is 0.500. The summed E-state index contributed by atoms with van der Waals surface area (Å²) >= 11 is 0. The van der Waals surface area contributed by atoms with Crippen molar-refractivity contribution in [2.75, 3.05) is 23.7 Å². The highest BCUT2D eigenvalue weighted by Crippen LogP contribution is 2.25. The van der Waals surface area contributed by atoms with E-state index in [0.717, 1.165) is 18.8 Å². The van der Waals surface area contributed by atoms with Gasteiger partial charge in [0.05, 0.1) is 5.56 Å². The predicted molar refractivity (Wildman–Crippen MR) is 74.7 cm³/mol. The number of nitrogen functional groups attached to an aromatic ring is 1. The van der Waals surface area contributed by atoms with Crippen LogP contribution in [0.1, 0.15) is 42.5 Å². The van der Waals surface area contributed by atoms with Crippen LogP contribution in [0.2, 0.25) is 0 Å². The quantitative estimate of drug-likeness (QED) is 0.786. The van der Waals surface area contributed by atoms with E-state index in [0.29, 0.717) is 11.3 Å². The summed E-state index contributed by atoms with van der Waals surface area (Å²) in [5, 5.41) is 0. The lowest BCUT2D eigenvalue weighted by Crippen LogP contribution is -2.29. The molecule has 98 valence electrons. The standard InChI is InChI=1S/C14H21N3O/c15-11-6-7-13(12(10-11)14(16)18)17-8-4-2-1-3-5-9-17/h6-7,10H,1-5,8-9,15H2,(H2,16,18). The average Bonchev–Trinajstić information content (AvgIpc) is 2.29. The highest BCUT2D eigenvalue weighted by molar-refractivity contribution is 5.99. The van der Waals surface area contributed by atoms with Crippen molar-refractivity contribution in [3.63, 3.8) is 0 Å². The van der Waals surface area contributed by atoms with Crippen LogP contribution < -0.4 is 16.4 Å². The number of carbonyl (C=O) groups is 1. The SMILES string of the molecule is NC(=O)c1cc(N)ccc1N1CCCCCCC1. The number of nitrogens with two attached hydrogens (primary N) is 2. The number of hydrogen-bond donors (Lipinski definition) is 2. The molecule has 0 aliphatic carbocycles. The van der Waals surface area contributed by atoms with Crippen molar-refractivity contribution in [2.24, 2.45) is 5.73 Å². The van der Waals surface area contributed by atoms with Crippen LogP contribution in [0.5, 0.6) is 0 Å². The minimum atomic E-state index is -0.403. The van der Waals surface area contributed by atoms with Crippen molar-refractivity contribution < 1.29 is 4.79 Å². The van der Waals surface area contributed by atoms with Crippen LogP contribution in [0.25, 0.3) is 0 Å². The number of primary amides is 1. The lowest BCUT2D eigenvalue weighted by Gasteiger charge is -2.28. The maximum absolute atomic E-state index is 11.5. The number of rotatable bonds is 2. The molecule has 0 bridgehead atoms. The van der Waals surface area contributed by atoms with E-state index in [4.69, 9.17) is 11.5 Å². The fourth-order valence-corrected chi connectivity index (χ4v) is 2.52. The van der Waals surface area contributed by atoms with Gasteiger partial charge in [0.25, 0.3) is 5.91 Å². The topological polar surface area (TPSA) is 72.3 Å². The lowest BCUT2D eigenvalue weighted by molar-refractivity contribution is 0.100. The molecular weight excluding hydrogens is 226 g/mol. The molecule has 1 amide bonds. The molecule has 1 aromatic rings. The van der Waals surface area contributed by atoms with Gasteiger partial charge in [-0.1, -0.05) is 19.3 Å². The second kappa shape index (κ2) is 5.76. The van der Waals surface area contributed by atoms with Gasteiger partial charge in [-0.05, 0) is 31.0 Å². The molecule has 18 heavy (non-hydrogen) atoms. The minimum absolute atomic E-state index is 0.403. The summed E-state index contributed by atoms with van der Waals surface area (Å²) < 4.78 is 0. The zero-order chi connectivity index (χ0) is 13.0. The van der Waals surface area contributed by atoms with Crippen LogP contribution in [-0.2, 0) is 0 Å². The third-order valence-corrected chi connectivity index (χ3v) is 3.48.